The van der Waals surface area contributed by atoms with Crippen LogP contribution in [0.25, 0.3) is 39.0 Å². The minimum atomic E-state index is -0.292. The molecule has 3 nitrogen and oxygen atoms in total. The molecule has 0 saturated heterocycles. The average Bonchev–Trinajstić information content (AvgIpc) is 3.76. The van der Waals surface area contributed by atoms with Crippen molar-refractivity contribution in [3.05, 3.63) is 196 Å². The lowest BCUT2D eigenvalue weighted by molar-refractivity contribution is 0.871. The van der Waals surface area contributed by atoms with Gasteiger partial charge in [-0.25, -0.2) is 4.99 Å². The van der Waals surface area contributed by atoms with Crippen LogP contribution in [-0.4, -0.2) is 12.2 Å². The first-order valence-corrected chi connectivity index (χ1v) is 17.6. The van der Waals surface area contributed by atoms with Gasteiger partial charge in [0.05, 0.1) is 6.34 Å². The van der Waals surface area contributed by atoms with Crippen LogP contribution in [0.5, 0.6) is 0 Å². The first-order valence-electron chi connectivity index (χ1n) is 17.6. The van der Waals surface area contributed by atoms with Gasteiger partial charge >= 0.3 is 0 Å². The van der Waals surface area contributed by atoms with Gasteiger partial charge in [-0.1, -0.05) is 146 Å². The molecule has 0 aliphatic heterocycles. The summed E-state index contributed by atoms with van der Waals surface area (Å²) < 4.78 is 0. The van der Waals surface area contributed by atoms with E-state index in [1.165, 1.54) is 78.7 Å². The highest BCUT2D eigenvalue weighted by atomic mass is 15.0. The standard InChI is InChI=1S/C47H37N3/c48-30-49-47(39-26-25-36-28-38-16-9-19-40(45(38)43(36)29-39)33-13-5-2-6-14-33)50-46(34-23-21-32(22-24-34)31-11-3-1-4-12-31)42-20-10-17-37-27-35-15-7-8-18-41(35)44(37)42/h2-3,5-26,29-30,46H,1,4,27-28H2,(H2,48,49,50). The molecule has 0 heterocycles. The number of allylic oxidation sites excluding steroid dienone is 4. The molecule has 3 heteroatoms. The highest BCUT2D eigenvalue weighted by molar-refractivity contribution is 6.05. The molecule has 0 bridgehead atoms. The van der Waals surface area contributed by atoms with Crippen molar-refractivity contribution in [2.24, 2.45) is 15.7 Å². The van der Waals surface area contributed by atoms with Gasteiger partial charge in [-0.15, -0.1) is 0 Å². The maximum absolute atomic E-state index is 6.08. The summed E-state index contributed by atoms with van der Waals surface area (Å²) in [5, 5.41) is 0. The third-order valence-electron chi connectivity index (χ3n) is 10.4. The van der Waals surface area contributed by atoms with Gasteiger partial charge in [-0.3, -0.25) is 4.99 Å². The fourth-order valence-corrected chi connectivity index (χ4v) is 8.06. The second-order valence-electron chi connectivity index (χ2n) is 13.4. The molecule has 2 N–H and O–H groups in total. The van der Waals surface area contributed by atoms with Crippen molar-refractivity contribution in [2.75, 3.05) is 0 Å². The molecule has 1 unspecified atom stereocenters. The van der Waals surface area contributed by atoms with Crippen LogP contribution in [0.4, 0.5) is 0 Å². The maximum Gasteiger partial charge on any atom is 0.157 e. The first kappa shape index (κ1) is 30.0. The molecular weight excluding hydrogens is 607 g/mol. The summed E-state index contributed by atoms with van der Waals surface area (Å²) in [5.41, 5.74) is 24.8. The predicted molar refractivity (Wildman–Crippen MR) is 209 cm³/mol. The summed E-state index contributed by atoms with van der Waals surface area (Å²) in [6, 6.07) is 48.1. The van der Waals surface area contributed by atoms with Crippen LogP contribution in [0.1, 0.15) is 63.4 Å². The third-order valence-corrected chi connectivity index (χ3v) is 10.4. The van der Waals surface area contributed by atoms with Crippen molar-refractivity contribution in [3.8, 4) is 33.4 Å². The maximum atomic E-state index is 6.08. The zero-order valence-corrected chi connectivity index (χ0v) is 27.9. The smallest absolute Gasteiger partial charge is 0.157 e. The summed E-state index contributed by atoms with van der Waals surface area (Å²) in [4.78, 5) is 10.3. The number of nitrogens with two attached hydrogens (primary N) is 1. The van der Waals surface area contributed by atoms with Crippen LogP contribution in [0.15, 0.2) is 162 Å². The number of hydrogen-bond acceptors (Lipinski definition) is 1. The molecule has 6 aromatic rings. The fourth-order valence-electron chi connectivity index (χ4n) is 8.06. The van der Waals surface area contributed by atoms with Crippen molar-refractivity contribution in [2.45, 2.75) is 31.7 Å². The van der Waals surface area contributed by atoms with Gasteiger partial charge < -0.3 is 5.73 Å². The van der Waals surface area contributed by atoms with E-state index >= 15 is 0 Å². The van der Waals surface area contributed by atoms with Crippen LogP contribution in [0.2, 0.25) is 0 Å². The Labute approximate surface area is 293 Å². The molecule has 9 rings (SSSR count). The molecule has 0 amide bonds. The lowest BCUT2D eigenvalue weighted by Crippen LogP contribution is -2.08. The van der Waals surface area contributed by atoms with Crippen molar-refractivity contribution < 1.29 is 0 Å². The molecule has 3 aliphatic rings. The largest absolute Gasteiger partial charge is 0.390 e. The van der Waals surface area contributed by atoms with E-state index in [4.69, 9.17) is 15.7 Å². The predicted octanol–water partition coefficient (Wildman–Crippen LogP) is 10.8. The molecular formula is C47H37N3. The van der Waals surface area contributed by atoms with Crippen molar-refractivity contribution in [3.63, 3.8) is 0 Å². The molecule has 50 heavy (non-hydrogen) atoms. The number of aliphatic imine (C=N–C) groups is 2. The average molecular weight is 644 g/mol. The molecule has 6 aromatic carbocycles. The second-order valence-corrected chi connectivity index (χ2v) is 13.4. The van der Waals surface area contributed by atoms with Gasteiger partial charge in [0.25, 0.3) is 0 Å². The SMILES string of the molecule is NC=NC(=NC(c1ccc(C2=CCCC=C2)cc1)c1cccc2c1-c1ccccc1C2)c1ccc2c(c1)-c1c(cccc1-c1ccccc1)C2. The Balaban J connectivity index is 1.20. The quantitative estimate of drug-likeness (QED) is 0.142. The zero-order valence-electron chi connectivity index (χ0n) is 27.9. The van der Waals surface area contributed by atoms with Crippen molar-refractivity contribution >= 4 is 17.7 Å². The summed E-state index contributed by atoms with van der Waals surface area (Å²) >= 11 is 0. The van der Waals surface area contributed by atoms with Crippen molar-refractivity contribution in [1.29, 1.82) is 0 Å². The lowest BCUT2D eigenvalue weighted by atomic mass is 9.89. The summed E-state index contributed by atoms with van der Waals surface area (Å²) in [6.07, 6.45) is 12.2. The Kier molecular flexibility index (Phi) is 7.66. The van der Waals surface area contributed by atoms with Crippen molar-refractivity contribution in [1.82, 2.24) is 0 Å². The molecule has 0 aromatic heterocycles. The normalized spacial score (nSPS) is 15.0. The van der Waals surface area contributed by atoms with E-state index in [1.54, 1.807) is 0 Å². The van der Waals surface area contributed by atoms with Gasteiger partial charge in [-0.2, -0.15) is 0 Å². The molecule has 1 atom stereocenters. The van der Waals surface area contributed by atoms with Crippen LogP contribution in [0.3, 0.4) is 0 Å². The Morgan fingerprint density at radius 2 is 1.32 bits per heavy atom. The minimum absolute atomic E-state index is 0.292. The molecule has 0 fully saturated rings. The summed E-state index contributed by atoms with van der Waals surface area (Å²) in [6.45, 7) is 0. The van der Waals surface area contributed by atoms with E-state index in [0.29, 0.717) is 5.84 Å². The van der Waals surface area contributed by atoms with Gasteiger partial charge in [0, 0.05) is 5.56 Å². The van der Waals surface area contributed by atoms with E-state index in [0.717, 1.165) is 36.8 Å². The third kappa shape index (κ3) is 5.32. The Hall–Kier alpha value is -6.06. The summed E-state index contributed by atoms with van der Waals surface area (Å²) in [5.74, 6) is 0.622. The van der Waals surface area contributed by atoms with Crippen LogP contribution < -0.4 is 5.73 Å². The van der Waals surface area contributed by atoms with Gasteiger partial charge in [0.1, 0.15) is 6.04 Å². The van der Waals surface area contributed by atoms with E-state index in [-0.39, 0.29) is 6.04 Å². The molecule has 0 radical (unpaired) electrons. The summed E-state index contributed by atoms with van der Waals surface area (Å²) in [7, 11) is 0. The number of benzene rings is 6. The molecule has 0 spiro atoms. The molecule has 3 aliphatic carbocycles. The van der Waals surface area contributed by atoms with Crippen LogP contribution in [0, 0.1) is 0 Å². The van der Waals surface area contributed by atoms with Crippen LogP contribution in [-0.2, 0) is 12.8 Å². The Morgan fingerprint density at radius 1 is 0.600 bits per heavy atom. The van der Waals surface area contributed by atoms with E-state index in [9.17, 15) is 0 Å². The highest BCUT2D eigenvalue weighted by Gasteiger charge is 2.27. The Morgan fingerprint density at radius 3 is 2.12 bits per heavy atom. The number of nitrogens with zero attached hydrogens (tertiary/aromatic N) is 2. The zero-order chi connectivity index (χ0) is 33.4. The molecule has 240 valence electrons. The second kappa shape index (κ2) is 12.8. The fraction of sp³-hybridized carbons (Fsp3) is 0.106. The van der Waals surface area contributed by atoms with Gasteiger partial charge in [-0.05, 0) is 110 Å². The van der Waals surface area contributed by atoms with Gasteiger partial charge in [0.15, 0.2) is 5.84 Å². The number of rotatable bonds is 6. The first-order chi connectivity index (χ1) is 24.7. The van der Waals surface area contributed by atoms with Gasteiger partial charge in [0.2, 0.25) is 0 Å². The number of amidine groups is 1. The Bertz CT molecular complexity index is 2370. The van der Waals surface area contributed by atoms with Crippen LogP contribution >= 0.6 is 0 Å². The highest BCUT2D eigenvalue weighted by Crippen LogP contribution is 2.45. The molecule has 0 saturated carbocycles. The number of hydrogen-bond donors (Lipinski definition) is 1. The number of fused-ring (bicyclic) bond motifs is 6. The minimum Gasteiger partial charge on any atom is -0.390 e. The monoisotopic (exact) mass is 643 g/mol. The van der Waals surface area contributed by atoms with E-state index < -0.39 is 0 Å². The van der Waals surface area contributed by atoms with E-state index in [2.05, 4.69) is 152 Å². The topological polar surface area (TPSA) is 50.7 Å². The lowest BCUT2D eigenvalue weighted by Gasteiger charge is -2.20. The van der Waals surface area contributed by atoms with E-state index in [1.807, 2.05) is 0 Å².